The molecule has 3 aromatic rings. The number of halogens is 3. The van der Waals surface area contributed by atoms with E-state index in [1.807, 2.05) is 18.3 Å². The largest absolute Gasteiger partial charge is 0.417 e. The number of aryl methyl sites for hydroxylation is 1. The molecule has 196 valence electrons. The fraction of sp³-hybridized carbons (Fsp3) is 0.344. The van der Waals surface area contributed by atoms with E-state index in [1.165, 1.54) is 17.2 Å². The predicted molar refractivity (Wildman–Crippen MR) is 146 cm³/mol. The summed E-state index contributed by atoms with van der Waals surface area (Å²) in [4.78, 5) is 9.41. The molecular formula is C32H32F3N3. The lowest BCUT2D eigenvalue weighted by Crippen LogP contribution is -2.12. The van der Waals surface area contributed by atoms with Crippen molar-refractivity contribution in [3.63, 3.8) is 0 Å². The van der Waals surface area contributed by atoms with Gasteiger partial charge in [-0.25, -0.2) is 0 Å². The summed E-state index contributed by atoms with van der Waals surface area (Å²) in [6.45, 7) is 6.61. The molecule has 0 radical (unpaired) electrons. The van der Waals surface area contributed by atoms with Gasteiger partial charge in [-0.05, 0) is 96.5 Å². The van der Waals surface area contributed by atoms with Gasteiger partial charge >= 0.3 is 6.18 Å². The molecule has 2 heterocycles. The second-order valence-corrected chi connectivity index (χ2v) is 10.0. The van der Waals surface area contributed by atoms with Crippen LogP contribution in [0.1, 0.15) is 97.2 Å². The normalized spacial score (nSPS) is 16.4. The van der Waals surface area contributed by atoms with Crippen molar-refractivity contribution in [2.24, 2.45) is 4.99 Å². The Morgan fingerprint density at radius 1 is 1.11 bits per heavy atom. The number of hydrogen-bond acceptors (Lipinski definition) is 3. The maximum atomic E-state index is 13.5. The van der Waals surface area contributed by atoms with E-state index >= 15 is 0 Å². The smallest absolute Gasteiger partial charge is 0.264 e. The summed E-state index contributed by atoms with van der Waals surface area (Å²) >= 11 is 0. The lowest BCUT2D eigenvalue weighted by Gasteiger charge is -2.23. The second kappa shape index (κ2) is 11.8. The molecule has 3 nitrogen and oxygen atoms in total. The molecule has 0 N–H and O–H groups in total. The van der Waals surface area contributed by atoms with Crippen molar-refractivity contribution >= 4 is 11.4 Å². The van der Waals surface area contributed by atoms with E-state index in [2.05, 4.69) is 50.0 Å². The number of nitrogens with zero attached hydrogens (tertiary/aromatic N) is 3. The summed E-state index contributed by atoms with van der Waals surface area (Å²) in [5.74, 6) is 0.705. The van der Waals surface area contributed by atoms with Crippen LogP contribution in [0.3, 0.4) is 0 Å². The summed E-state index contributed by atoms with van der Waals surface area (Å²) in [6, 6.07) is 16.2. The van der Waals surface area contributed by atoms with Crippen LogP contribution in [0.5, 0.6) is 0 Å². The summed E-state index contributed by atoms with van der Waals surface area (Å²) in [7, 11) is 0. The van der Waals surface area contributed by atoms with Gasteiger partial charge in [-0.1, -0.05) is 45.0 Å². The predicted octanol–water partition coefficient (Wildman–Crippen LogP) is 8.85. The van der Waals surface area contributed by atoms with Crippen molar-refractivity contribution in [2.75, 3.05) is 0 Å². The van der Waals surface area contributed by atoms with E-state index in [4.69, 9.17) is 10.3 Å². The van der Waals surface area contributed by atoms with Gasteiger partial charge in [-0.3, -0.25) is 9.98 Å². The maximum absolute atomic E-state index is 13.5. The first-order valence-electron chi connectivity index (χ1n) is 13.1. The molecule has 2 aromatic carbocycles. The summed E-state index contributed by atoms with van der Waals surface area (Å²) in [6.07, 6.45) is 4.72. The van der Waals surface area contributed by atoms with Gasteiger partial charge in [-0.2, -0.15) is 18.4 Å². The first kappa shape index (κ1) is 27.3. The Kier molecular flexibility index (Phi) is 8.46. The topological polar surface area (TPSA) is 49.0 Å². The minimum atomic E-state index is -4.56. The number of alkyl halides is 3. The first-order chi connectivity index (χ1) is 18.2. The van der Waals surface area contributed by atoms with E-state index in [9.17, 15) is 13.2 Å². The fourth-order valence-corrected chi connectivity index (χ4v) is 4.89. The molecule has 0 spiro atoms. The van der Waals surface area contributed by atoms with E-state index in [-0.39, 0.29) is 5.56 Å². The van der Waals surface area contributed by atoms with Gasteiger partial charge in [0.15, 0.2) is 0 Å². The van der Waals surface area contributed by atoms with Gasteiger partial charge in [0.25, 0.3) is 0 Å². The zero-order chi connectivity index (χ0) is 27.3. The van der Waals surface area contributed by atoms with Crippen molar-refractivity contribution in [1.82, 2.24) is 4.98 Å². The van der Waals surface area contributed by atoms with Crippen LogP contribution in [-0.2, 0) is 12.6 Å². The van der Waals surface area contributed by atoms with Crippen LogP contribution < -0.4 is 0 Å². The van der Waals surface area contributed by atoms with Crippen molar-refractivity contribution in [3.8, 4) is 6.07 Å². The molecule has 0 saturated carbocycles. The molecule has 1 aliphatic heterocycles. The zero-order valence-corrected chi connectivity index (χ0v) is 22.0. The third kappa shape index (κ3) is 6.22. The minimum Gasteiger partial charge on any atom is -0.264 e. The van der Waals surface area contributed by atoms with Crippen LogP contribution in [0.25, 0.3) is 5.70 Å². The Labute approximate surface area is 222 Å². The molecule has 2 unspecified atom stereocenters. The SMILES string of the molecule is CCC(C)c1ccc2c(c1)C(CCCc1ccc(C#N)c(C(F)(F)F)c1)=NC(c1cccnc1)=CCC2C. The Balaban J connectivity index is 1.70. The molecule has 0 bridgehead atoms. The average molecular weight is 516 g/mol. The Hall–Kier alpha value is -3.72. The molecule has 38 heavy (non-hydrogen) atoms. The summed E-state index contributed by atoms with van der Waals surface area (Å²) in [5.41, 5.74) is 5.73. The van der Waals surface area contributed by atoms with E-state index < -0.39 is 11.7 Å². The van der Waals surface area contributed by atoms with Crippen LogP contribution in [0.15, 0.2) is 72.0 Å². The fourth-order valence-electron chi connectivity index (χ4n) is 4.89. The van der Waals surface area contributed by atoms with Crippen LogP contribution in [0.2, 0.25) is 0 Å². The number of fused-ring (bicyclic) bond motifs is 1. The zero-order valence-electron chi connectivity index (χ0n) is 22.0. The second-order valence-electron chi connectivity index (χ2n) is 10.0. The standard InChI is InChI=1S/C32H32F3N3/c1-4-21(2)24-13-14-27-22(3)10-15-30(26-8-6-16-37-20-26)38-31(28(27)18-24)9-5-7-23-11-12-25(19-36)29(17-23)32(33,34)35/h6,8,11-18,20-22H,4-5,7,9-10H2,1-3H3. The van der Waals surface area contributed by atoms with Gasteiger partial charge < -0.3 is 0 Å². The molecule has 4 rings (SSSR count). The highest BCUT2D eigenvalue weighted by Crippen LogP contribution is 2.35. The van der Waals surface area contributed by atoms with Crippen molar-refractivity contribution in [3.05, 3.63) is 106 Å². The Bertz CT molecular complexity index is 1380. The molecule has 1 aliphatic rings. The quantitative estimate of drug-likeness (QED) is 0.316. The minimum absolute atomic E-state index is 0.293. The van der Waals surface area contributed by atoms with Crippen LogP contribution in [0.4, 0.5) is 13.2 Å². The average Bonchev–Trinajstić information content (AvgIpc) is 2.92. The van der Waals surface area contributed by atoms with Gasteiger partial charge in [0.1, 0.15) is 0 Å². The van der Waals surface area contributed by atoms with Gasteiger partial charge in [-0.15, -0.1) is 0 Å². The van der Waals surface area contributed by atoms with Crippen LogP contribution >= 0.6 is 0 Å². The molecule has 2 atom stereocenters. The molecule has 6 heteroatoms. The number of hydrogen-bond donors (Lipinski definition) is 0. The van der Waals surface area contributed by atoms with Crippen LogP contribution in [-0.4, -0.2) is 10.7 Å². The highest BCUT2D eigenvalue weighted by Gasteiger charge is 2.33. The summed E-state index contributed by atoms with van der Waals surface area (Å²) < 4.78 is 40.4. The van der Waals surface area contributed by atoms with Crippen LogP contribution in [0, 0.1) is 11.3 Å². The highest BCUT2D eigenvalue weighted by molar-refractivity contribution is 6.05. The number of aliphatic imine (C=N–C) groups is 1. The van der Waals surface area contributed by atoms with E-state index in [0.29, 0.717) is 36.7 Å². The molecule has 0 aliphatic carbocycles. The summed E-state index contributed by atoms with van der Waals surface area (Å²) in [5, 5.41) is 9.11. The number of aromatic nitrogens is 1. The monoisotopic (exact) mass is 515 g/mol. The Morgan fingerprint density at radius 3 is 2.61 bits per heavy atom. The number of pyridine rings is 1. The van der Waals surface area contributed by atoms with Crippen molar-refractivity contribution in [1.29, 1.82) is 5.26 Å². The molecule has 0 fully saturated rings. The van der Waals surface area contributed by atoms with Gasteiger partial charge in [0.2, 0.25) is 0 Å². The molecule has 1 aromatic heterocycles. The van der Waals surface area contributed by atoms with Crippen molar-refractivity contribution in [2.45, 2.75) is 70.9 Å². The highest BCUT2D eigenvalue weighted by atomic mass is 19.4. The molecule has 0 saturated heterocycles. The number of rotatable bonds is 7. The Morgan fingerprint density at radius 2 is 1.92 bits per heavy atom. The van der Waals surface area contributed by atoms with Gasteiger partial charge in [0.05, 0.1) is 22.9 Å². The first-order valence-corrected chi connectivity index (χ1v) is 13.1. The maximum Gasteiger partial charge on any atom is 0.417 e. The van der Waals surface area contributed by atoms with E-state index in [1.54, 1.807) is 18.3 Å². The number of benzene rings is 2. The van der Waals surface area contributed by atoms with Gasteiger partial charge in [0, 0.05) is 23.7 Å². The molecule has 0 amide bonds. The molecular weight excluding hydrogens is 483 g/mol. The number of allylic oxidation sites excluding steroid dienone is 1. The number of nitriles is 1. The van der Waals surface area contributed by atoms with E-state index in [0.717, 1.165) is 41.4 Å². The lowest BCUT2D eigenvalue weighted by molar-refractivity contribution is -0.137. The lowest BCUT2D eigenvalue weighted by atomic mass is 9.84. The van der Waals surface area contributed by atoms with Crippen molar-refractivity contribution < 1.29 is 13.2 Å². The third-order valence-electron chi connectivity index (χ3n) is 7.37. The third-order valence-corrected chi connectivity index (χ3v) is 7.37.